The zero-order valence-electron chi connectivity index (χ0n) is 9.85. The van der Waals surface area contributed by atoms with E-state index in [-0.39, 0.29) is 19.5 Å². The van der Waals surface area contributed by atoms with Gasteiger partial charge in [-0.2, -0.15) is 13.2 Å². The zero-order chi connectivity index (χ0) is 14.5. The fourth-order valence-electron chi connectivity index (χ4n) is 1.51. The highest BCUT2D eigenvalue weighted by Crippen LogP contribution is 2.30. The summed E-state index contributed by atoms with van der Waals surface area (Å²) in [5.74, 6) is -1.04. The van der Waals surface area contributed by atoms with Gasteiger partial charge in [-0.15, -0.1) is 0 Å². The van der Waals surface area contributed by atoms with Gasteiger partial charge in [0.1, 0.15) is 6.29 Å². The summed E-state index contributed by atoms with van der Waals surface area (Å²) >= 11 is 0. The predicted octanol–water partition coefficient (Wildman–Crippen LogP) is 2.19. The molecule has 0 aliphatic carbocycles. The lowest BCUT2D eigenvalue weighted by molar-refractivity contribution is -0.138. The van der Waals surface area contributed by atoms with Crippen molar-refractivity contribution in [1.29, 1.82) is 0 Å². The van der Waals surface area contributed by atoms with E-state index in [0.717, 1.165) is 12.1 Å². The molecular weight excluding hydrogens is 263 g/mol. The highest BCUT2D eigenvalue weighted by Gasteiger charge is 2.30. The van der Waals surface area contributed by atoms with E-state index < -0.39 is 17.7 Å². The van der Waals surface area contributed by atoms with Crippen molar-refractivity contribution in [1.82, 2.24) is 0 Å². The van der Waals surface area contributed by atoms with Crippen molar-refractivity contribution in [2.45, 2.75) is 12.6 Å². The number of nitrogens with zero attached hydrogens (tertiary/aromatic N) is 1. The molecule has 0 heterocycles. The number of hydrogen-bond donors (Lipinski definition) is 1. The molecule has 0 spiro atoms. The maximum absolute atomic E-state index is 12.4. The van der Waals surface area contributed by atoms with Crippen molar-refractivity contribution in [2.75, 3.05) is 18.0 Å². The number of halogens is 3. The Hall–Kier alpha value is -2.05. The minimum Gasteiger partial charge on any atom is -0.481 e. The van der Waals surface area contributed by atoms with Crippen molar-refractivity contribution in [3.05, 3.63) is 29.8 Å². The second-order valence-corrected chi connectivity index (χ2v) is 3.80. The minimum atomic E-state index is -4.42. The van der Waals surface area contributed by atoms with Crippen LogP contribution in [0.15, 0.2) is 24.3 Å². The molecule has 1 rings (SSSR count). The van der Waals surface area contributed by atoms with Gasteiger partial charge in [0, 0.05) is 12.2 Å². The van der Waals surface area contributed by atoms with Crippen LogP contribution < -0.4 is 4.90 Å². The smallest absolute Gasteiger partial charge is 0.416 e. The van der Waals surface area contributed by atoms with Gasteiger partial charge in [0.2, 0.25) is 0 Å². The van der Waals surface area contributed by atoms with Gasteiger partial charge in [-0.05, 0) is 24.3 Å². The molecule has 0 bridgehead atoms. The van der Waals surface area contributed by atoms with Crippen molar-refractivity contribution in [3.63, 3.8) is 0 Å². The Morgan fingerprint density at radius 3 is 2.26 bits per heavy atom. The maximum atomic E-state index is 12.4. The number of aliphatic carboxylic acids is 1. The van der Waals surface area contributed by atoms with Crippen LogP contribution in [0.25, 0.3) is 0 Å². The maximum Gasteiger partial charge on any atom is 0.416 e. The van der Waals surface area contributed by atoms with Gasteiger partial charge in [0.05, 0.1) is 18.5 Å². The normalized spacial score (nSPS) is 11.1. The molecular formula is C12H12F3NO3. The quantitative estimate of drug-likeness (QED) is 0.808. The van der Waals surface area contributed by atoms with Gasteiger partial charge < -0.3 is 14.8 Å². The molecule has 0 radical (unpaired) electrons. The SMILES string of the molecule is O=CCN(CCC(=O)O)c1ccc(C(F)(F)F)cc1. The number of rotatable bonds is 6. The first kappa shape index (κ1) is 15.0. The largest absolute Gasteiger partial charge is 0.481 e. The van der Waals surface area contributed by atoms with Crippen LogP contribution in [-0.4, -0.2) is 30.5 Å². The van der Waals surface area contributed by atoms with E-state index >= 15 is 0 Å². The fourth-order valence-corrected chi connectivity index (χ4v) is 1.51. The Balaban J connectivity index is 2.84. The fraction of sp³-hybridized carbons (Fsp3) is 0.333. The molecule has 104 valence electrons. The number of benzene rings is 1. The molecule has 0 aliphatic rings. The van der Waals surface area contributed by atoms with Crippen molar-refractivity contribution in [3.8, 4) is 0 Å². The van der Waals surface area contributed by atoms with E-state index in [1.54, 1.807) is 0 Å². The Morgan fingerprint density at radius 1 is 1.26 bits per heavy atom. The van der Waals surface area contributed by atoms with Crippen LogP contribution in [0.2, 0.25) is 0 Å². The lowest BCUT2D eigenvalue weighted by Gasteiger charge is -2.22. The Kier molecular flexibility index (Phi) is 4.91. The van der Waals surface area contributed by atoms with E-state index in [1.807, 2.05) is 0 Å². The second-order valence-electron chi connectivity index (χ2n) is 3.80. The molecule has 0 aromatic heterocycles. The number of carbonyl (C=O) groups is 2. The van der Waals surface area contributed by atoms with E-state index in [9.17, 15) is 22.8 Å². The number of alkyl halides is 3. The first-order chi connectivity index (χ1) is 8.84. The molecule has 0 fully saturated rings. The molecule has 1 aromatic rings. The van der Waals surface area contributed by atoms with Gasteiger partial charge in [-0.3, -0.25) is 4.79 Å². The van der Waals surface area contributed by atoms with Gasteiger partial charge in [-0.1, -0.05) is 0 Å². The van der Waals surface area contributed by atoms with Gasteiger partial charge in [0.25, 0.3) is 0 Å². The number of carboxylic acids is 1. The lowest BCUT2D eigenvalue weighted by atomic mass is 10.2. The summed E-state index contributed by atoms with van der Waals surface area (Å²) < 4.78 is 37.1. The van der Waals surface area contributed by atoms with Crippen LogP contribution in [0.5, 0.6) is 0 Å². The average molecular weight is 275 g/mol. The number of carbonyl (C=O) groups excluding carboxylic acids is 1. The molecule has 1 aromatic carbocycles. The molecule has 7 heteroatoms. The molecule has 1 N–H and O–H groups in total. The van der Waals surface area contributed by atoms with Crippen LogP contribution in [0.3, 0.4) is 0 Å². The van der Waals surface area contributed by atoms with Gasteiger partial charge >= 0.3 is 12.1 Å². The number of carboxylic acid groups (broad SMARTS) is 1. The van der Waals surface area contributed by atoms with E-state index in [2.05, 4.69) is 0 Å². The number of anilines is 1. The first-order valence-corrected chi connectivity index (χ1v) is 5.42. The number of aldehydes is 1. The van der Waals surface area contributed by atoms with E-state index in [0.29, 0.717) is 12.0 Å². The third-order valence-electron chi connectivity index (χ3n) is 2.45. The second kappa shape index (κ2) is 6.21. The molecule has 4 nitrogen and oxygen atoms in total. The summed E-state index contributed by atoms with van der Waals surface area (Å²) in [7, 11) is 0. The third kappa shape index (κ3) is 4.61. The topological polar surface area (TPSA) is 57.6 Å². The van der Waals surface area contributed by atoms with Crippen LogP contribution in [-0.2, 0) is 15.8 Å². The van der Waals surface area contributed by atoms with Gasteiger partial charge in [-0.25, -0.2) is 0 Å². The van der Waals surface area contributed by atoms with Crippen LogP contribution in [0.4, 0.5) is 18.9 Å². The van der Waals surface area contributed by atoms with E-state index in [4.69, 9.17) is 5.11 Å². The van der Waals surface area contributed by atoms with Crippen molar-refractivity contribution >= 4 is 17.9 Å². The highest BCUT2D eigenvalue weighted by molar-refractivity contribution is 5.68. The third-order valence-corrected chi connectivity index (χ3v) is 2.45. The lowest BCUT2D eigenvalue weighted by Crippen LogP contribution is -2.28. The summed E-state index contributed by atoms with van der Waals surface area (Å²) in [5, 5.41) is 8.56. The van der Waals surface area contributed by atoms with Crippen molar-refractivity contribution < 1.29 is 27.9 Å². The summed E-state index contributed by atoms with van der Waals surface area (Å²) in [5.41, 5.74) is -0.415. The first-order valence-electron chi connectivity index (χ1n) is 5.42. The highest BCUT2D eigenvalue weighted by atomic mass is 19.4. The Morgan fingerprint density at radius 2 is 1.84 bits per heavy atom. The minimum absolute atomic E-state index is 0.0550. The predicted molar refractivity (Wildman–Crippen MR) is 62.0 cm³/mol. The summed E-state index contributed by atoms with van der Waals surface area (Å²) in [6, 6.07) is 4.23. The molecule has 19 heavy (non-hydrogen) atoms. The summed E-state index contributed by atoms with van der Waals surface area (Å²) in [4.78, 5) is 22.4. The monoisotopic (exact) mass is 275 g/mol. The molecule has 0 unspecified atom stereocenters. The average Bonchev–Trinajstić information content (AvgIpc) is 2.33. The van der Waals surface area contributed by atoms with Crippen LogP contribution in [0, 0.1) is 0 Å². The Bertz CT molecular complexity index is 443. The Labute approximate surface area is 107 Å². The standard InChI is InChI=1S/C12H12F3NO3/c13-12(14,15)9-1-3-10(4-2-9)16(7-8-17)6-5-11(18)19/h1-4,8H,5-7H2,(H,18,19). The van der Waals surface area contributed by atoms with Gasteiger partial charge in [0.15, 0.2) is 0 Å². The molecule has 0 atom stereocenters. The van der Waals surface area contributed by atoms with Crippen LogP contribution in [0.1, 0.15) is 12.0 Å². The zero-order valence-corrected chi connectivity index (χ0v) is 9.85. The molecule has 0 amide bonds. The molecule has 0 saturated carbocycles. The van der Waals surface area contributed by atoms with Crippen molar-refractivity contribution in [2.24, 2.45) is 0 Å². The molecule has 0 saturated heterocycles. The summed E-state index contributed by atoms with van der Waals surface area (Å²) in [6.07, 6.45) is -4.05. The van der Waals surface area contributed by atoms with E-state index in [1.165, 1.54) is 17.0 Å². The van der Waals surface area contributed by atoms with Crippen LogP contribution >= 0.6 is 0 Å². The summed E-state index contributed by atoms with van der Waals surface area (Å²) in [6.45, 7) is -0.0158. The number of hydrogen-bond acceptors (Lipinski definition) is 3. The molecule has 0 aliphatic heterocycles.